The van der Waals surface area contributed by atoms with E-state index in [2.05, 4.69) is 32.3 Å². The van der Waals surface area contributed by atoms with Crippen LogP contribution in [-0.2, 0) is 0 Å². The summed E-state index contributed by atoms with van der Waals surface area (Å²) in [5, 5.41) is 9.64. The Kier molecular flexibility index (Phi) is 4.07. The molecule has 0 amide bonds. The lowest BCUT2D eigenvalue weighted by molar-refractivity contribution is 1.02. The van der Waals surface area contributed by atoms with E-state index < -0.39 is 0 Å². The van der Waals surface area contributed by atoms with Crippen LogP contribution in [-0.4, -0.2) is 41.6 Å². The van der Waals surface area contributed by atoms with Crippen molar-refractivity contribution in [3.63, 3.8) is 0 Å². The highest BCUT2D eigenvalue weighted by molar-refractivity contribution is 6.31. The lowest BCUT2D eigenvalue weighted by Gasteiger charge is -2.19. The van der Waals surface area contributed by atoms with Gasteiger partial charge >= 0.3 is 0 Å². The lowest BCUT2D eigenvalue weighted by atomic mass is 10.2. The smallest absolute Gasteiger partial charge is 0.257 e. The van der Waals surface area contributed by atoms with Gasteiger partial charge < -0.3 is 4.90 Å². The maximum atomic E-state index is 6.24. The van der Waals surface area contributed by atoms with E-state index in [1.165, 1.54) is 12.8 Å². The molecule has 8 nitrogen and oxygen atoms in total. The number of hydrogen-bond donors (Lipinski definition) is 0. The number of anilines is 2. The van der Waals surface area contributed by atoms with E-state index in [0.29, 0.717) is 28.4 Å². The van der Waals surface area contributed by atoms with E-state index in [0.717, 1.165) is 27.9 Å². The van der Waals surface area contributed by atoms with Crippen molar-refractivity contribution in [2.24, 2.45) is 0 Å². The summed E-state index contributed by atoms with van der Waals surface area (Å²) >= 11 is 6.24. The van der Waals surface area contributed by atoms with Gasteiger partial charge in [0.15, 0.2) is 5.82 Å². The first-order valence-corrected chi connectivity index (χ1v) is 10.4. The number of rotatable bonds is 4. The molecule has 5 aromatic rings. The molecular weight excluding hydrogens is 412 g/mol. The Hall–Kier alpha value is -3.65. The first-order valence-electron chi connectivity index (χ1n) is 9.98. The van der Waals surface area contributed by atoms with Gasteiger partial charge in [-0.3, -0.25) is 14.4 Å². The molecule has 0 saturated heterocycles. The van der Waals surface area contributed by atoms with Gasteiger partial charge in [-0.2, -0.15) is 4.98 Å². The third-order valence-electron chi connectivity index (χ3n) is 5.56. The number of halogens is 1. The van der Waals surface area contributed by atoms with Gasteiger partial charge in [-0.15, -0.1) is 10.2 Å². The summed E-state index contributed by atoms with van der Waals surface area (Å²) in [4.78, 5) is 20.4. The molecule has 6 rings (SSSR count). The molecule has 9 heteroatoms. The third-order valence-corrected chi connectivity index (χ3v) is 5.79. The molecule has 1 aliphatic rings. The molecule has 4 aromatic heterocycles. The fourth-order valence-corrected chi connectivity index (χ4v) is 3.89. The van der Waals surface area contributed by atoms with E-state index in [9.17, 15) is 0 Å². The Morgan fingerprint density at radius 1 is 1.06 bits per heavy atom. The standard InChI is InChI=1S/C22H17ClN8/c1-30(21-16-6-5-15(23)8-19(16)31-12-26-29-22(31)28-21)20-11-24-10-18(27-20)14-4-7-17(25-9-14)13-2-3-13/h4-13H,2-3H2,1H3. The van der Waals surface area contributed by atoms with Crippen LogP contribution in [0.3, 0.4) is 0 Å². The average molecular weight is 429 g/mol. The second kappa shape index (κ2) is 6.95. The minimum absolute atomic E-state index is 0.487. The predicted octanol–water partition coefficient (Wildman–Crippen LogP) is 4.43. The Balaban J connectivity index is 1.43. The van der Waals surface area contributed by atoms with Gasteiger partial charge in [0.05, 0.1) is 23.6 Å². The summed E-state index contributed by atoms with van der Waals surface area (Å²) in [5.74, 6) is 2.47. The number of hydrogen-bond acceptors (Lipinski definition) is 7. The first kappa shape index (κ1) is 18.1. The molecule has 1 fully saturated rings. The maximum Gasteiger partial charge on any atom is 0.257 e. The van der Waals surface area contributed by atoms with Gasteiger partial charge in [0, 0.05) is 40.8 Å². The molecule has 1 aromatic carbocycles. The SMILES string of the molecule is CN(c1cncc(-c2ccc(C3CC3)nc2)n1)c1nc2nncn2c2cc(Cl)ccc12. The number of aromatic nitrogens is 7. The first-order chi connectivity index (χ1) is 15.2. The van der Waals surface area contributed by atoms with Crippen LogP contribution in [0.1, 0.15) is 24.5 Å². The van der Waals surface area contributed by atoms with Crippen LogP contribution in [0.4, 0.5) is 11.6 Å². The van der Waals surface area contributed by atoms with E-state index in [-0.39, 0.29) is 0 Å². The summed E-state index contributed by atoms with van der Waals surface area (Å²) < 4.78 is 1.81. The Morgan fingerprint density at radius 3 is 2.77 bits per heavy atom. The summed E-state index contributed by atoms with van der Waals surface area (Å²) in [7, 11) is 1.91. The molecule has 4 heterocycles. The van der Waals surface area contributed by atoms with E-state index >= 15 is 0 Å². The van der Waals surface area contributed by atoms with Gasteiger partial charge in [-0.1, -0.05) is 11.6 Å². The van der Waals surface area contributed by atoms with Crippen molar-refractivity contribution in [1.82, 2.24) is 34.5 Å². The number of benzene rings is 1. The summed E-state index contributed by atoms with van der Waals surface area (Å²) in [6.45, 7) is 0. The number of fused-ring (bicyclic) bond motifs is 3. The molecule has 0 aliphatic heterocycles. The van der Waals surface area contributed by atoms with Crippen molar-refractivity contribution >= 4 is 39.9 Å². The van der Waals surface area contributed by atoms with Gasteiger partial charge in [-0.25, -0.2) is 4.98 Å². The van der Waals surface area contributed by atoms with Crippen molar-refractivity contribution in [2.45, 2.75) is 18.8 Å². The van der Waals surface area contributed by atoms with Crippen LogP contribution in [0.5, 0.6) is 0 Å². The lowest BCUT2D eigenvalue weighted by Crippen LogP contribution is -2.15. The molecular formula is C22H17ClN8. The van der Waals surface area contributed by atoms with E-state index in [4.69, 9.17) is 21.6 Å². The van der Waals surface area contributed by atoms with Crippen LogP contribution >= 0.6 is 11.6 Å². The summed E-state index contributed by atoms with van der Waals surface area (Å²) in [5.41, 5.74) is 3.72. The van der Waals surface area contributed by atoms with Crippen molar-refractivity contribution in [3.8, 4) is 11.3 Å². The average Bonchev–Trinajstić information content (AvgIpc) is 3.55. The molecule has 0 atom stereocenters. The Morgan fingerprint density at radius 2 is 1.97 bits per heavy atom. The molecule has 0 radical (unpaired) electrons. The number of nitrogens with zero attached hydrogens (tertiary/aromatic N) is 8. The fourth-order valence-electron chi connectivity index (χ4n) is 3.72. The van der Waals surface area contributed by atoms with Gasteiger partial charge in [0.2, 0.25) is 0 Å². The van der Waals surface area contributed by atoms with Crippen molar-refractivity contribution in [3.05, 3.63) is 66.0 Å². The summed E-state index contributed by atoms with van der Waals surface area (Å²) in [6, 6.07) is 9.80. The molecule has 1 aliphatic carbocycles. The second-order valence-corrected chi connectivity index (χ2v) is 8.10. The quantitative estimate of drug-likeness (QED) is 0.418. The van der Waals surface area contributed by atoms with Gasteiger partial charge in [-0.05, 0) is 43.2 Å². The van der Waals surface area contributed by atoms with Crippen LogP contribution in [0.2, 0.25) is 5.02 Å². The highest BCUT2D eigenvalue weighted by Gasteiger charge is 2.24. The maximum absolute atomic E-state index is 6.24. The van der Waals surface area contributed by atoms with Crippen LogP contribution < -0.4 is 4.90 Å². The fraction of sp³-hybridized carbons (Fsp3) is 0.182. The molecule has 0 spiro atoms. The molecule has 31 heavy (non-hydrogen) atoms. The van der Waals surface area contributed by atoms with Crippen molar-refractivity contribution in [1.29, 1.82) is 0 Å². The highest BCUT2D eigenvalue weighted by atomic mass is 35.5. The van der Waals surface area contributed by atoms with Crippen molar-refractivity contribution in [2.75, 3.05) is 11.9 Å². The molecule has 0 bridgehead atoms. The zero-order valence-corrected chi connectivity index (χ0v) is 17.4. The minimum Gasteiger partial charge on any atom is -0.312 e. The van der Waals surface area contributed by atoms with Gasteiger partial charge in [0.1, 0.15) is 12.1 Å². The Bertz CT molecular complexity index is 1430. The highest BCUT2D eigenvalue weighted by Crippen LogP contribution is 2.39. The van der Waals surface area contributed by atoms with Crippen molar-refractivity contribution < 1.29 is 0 Å². The monoisotopic (exact) mass is 428 g/mol. The zero-order valence-electron chi connectivity index (χ0n) is 16.6. The van der Waals surface area contributed by atoms with Crippen LogP contribution in [0.15, 0.2) is 55.2 Å². The van der Waals surface area contributed by atoms with E-state index in [1.54, 1.807) is 18.7 Å². The molecule has 0 unspecified atom stereocenters. The molecule has 1 saturated carbocycles. The molecule has 0 N–H and O–H groups in total. The van der Waals surface area contributed by atoms with Gasteiger partial charge in [0.25, 0.3) is 5.78 Å². The Labute approximate surface area is 182 Å². The zero-order chi connectivity index (χ0) is 20.9. The normalized spacial score (nSPS) is 13.7. The van der Waals surface area contributed by atoms with Crippen LogP contribution in [0.25, 0.3) is 27.9 Å². The third kappa shape index (κ3) is 3.16. The summed E-state index contributed by atoms with van der Waals surface area (Å²) in [6.07, 6.45) is 9.43. The second-order valence-electron chi connectivity index (χ2n) is 7.67. The van der Waals surface area contributed by atoms with Crippen LogP contribution in [0, 0.1) is 0 Å². The topological polar surface area (TPSA) is 85.0 Å². The number of pyridine rings is 1. The minimum atomic E-state index is 0.487. The van der Waals surface area contributed by atoms with E-state index in [1.807, 2.05) is 40.7 Å². The molecule has 152 valence electrons. The largest absolute Gasteiger partial charge is 0.312 e. The predicted molar refractivity (Wildman–Crippen MR) is 119 cm³/mol.